The van der Waals surface area contributed by atoms with Crippen LogP contribution < -0.4 is 4.90 Å². The molecule has 1 amide bonds. The third-order valence-corrected chi connectivity index (χ3v) is 5.06. The van der Waals surface area contributed by atoms with Crippen LogP contribution in [0.4, 0.5) is 5.69 Å². The molecule has 7 nitrogen and oxygen atoms in total. The van der Waals surface area contributed by atoms with Gasteiger partial charge in [-0.05, 0) is 37.1 Å². The number of hydrogen-bond donors (Lipinski definition) is 0. The average molecular weight is 356 g/mol. The summed E-state index contributed by atoms with van der Waals surface area (Å²) < 4.78 is 10.7. The van der Waals surface area contributed by atoms with Gasteiger partial charge in [-0.15, -0.1) is 0 Å². The Labute approximate surface area is 152 Å². The second-order valence-corrected chi connectivity index (χ2v) is 6.73. The Bertz CT molecular complexity index is 744. The van der Waals surface area contributed by atoms with Crippen LogP contribution in [0, 0.1) is 0 Å². The summed E-state index contributed by atoms with van der Waals surface area (Å²) in [5, 5.41) is 4.01. The highest BCUT2D eigenvalue weighted by atomic mass is 16.5. The van der Waals surface area contributed by atoms with Crippen LogP contribution in [0.15, 0.2) is 28.8 Å². The van der Waals surface area contributed by atoms with E-state index in [4.69, 9.17) is 9.26 Å². The van der Waals surface area contributed by atoms with Gasteiger partial charge >= 0.3 is 0 Å². The van der Waals surface area contributed by atoms with Gasteiger partial charge in [-0.1, -0.05) is 12.1 Å². The lowest BCUT2D eigenvalue weighted by atomic mass is 10.1. The van der Waals surface area contributed by atoms with E-state index in [0.717, 1.165) is 56.7 Å². The highest BCUT2D eigenvalue weighted by Crippen LogP contribution is 2.23. The molecule has 0 bridgehead atoms. The van der Waals surface area contributed by atoms with Crippen LogP contribution in [0.5, 0.6) is 0 Å². The summed E-state index contributed by atoms with van der Waals surface area (Å²) >= 11 is 0. The molecule has 0 radical (unpaired) electrons. The summed E-state index contributed by atoms with van der Waals surface area (Å²) in [6.45, 7) is 5.85. The number of hydrogen-bond acceptors (Lipinski definition) is 6. The number of benzene rings is 1. The molecule has 1 aromatic carbocycles. The fraction of sp³-hybridized carbons (Fsp3) is 0.526. The fourth-order valence-corrected chi connectivity index (χ4v) is 3.50. The molecule has 7 heteroatoms. The third kappa shape index (κ3) is 3.44. The van der Waals surface area contributed by atoms with Crippen molar-refractivity contribution < 1.29 is 14.1 Å². The Hall–Kier alpha value is -2.41. The van der Waals surface area contributed by atoms with Crippen LogP contribution >= 0.6 is 0 Å². The van der Waals surface area contributed by atoms with Gasteiger partial charge in [0, 0.05) is 50.5 Å². The smallest absolute Gasteiger partial charge is 0.251 e. The number of aryl methyl sites for hydroxylation is 1. The van der Waals surface area contributed by atoms with Crippen LogP contribution in [0.1, 0.15) is 25.7 Å². The van der Waals surface area contributed by atoms with Gasteiger partial charge in [0.2, 0.25) is 11.7 Å². The standard InChI is InChI=1S/C19H24N4O3/c1-2-17-20-18(21-26-17)14-5-7-15(8-6-14)22-9-11-23(12-10-22)19(24)16-4-3-13-25-16/h5-8,16H,2-4,9-13H2,1H3/t16-/m0/s1. The van der Waals surface area contributed by atoms with Gasteiger partial charge < -0.3 is 19.1 Å². The molecule has 138 valence electrons. The molecule has 1 aromatic heterocycles. The maximum absolute atomic E-state index is 12.4. The summed E-state index contributed by atoms with van der Waals surface area (Å²) in [5.74, 6) is 1.43. The van der Waals surface area contributed by atoms with Crippen molar-refractivity contribution in [2.24, 2.45) is 0 Å². The summed E-state index contributed by atoms with van der Waals surface area (Å²) in [6.07, 6.45) is 2.36. The van der Waals surface area contributed by atoms with Gasteiger partial charge in [0.25, 0.3) is 5.91 Å². The van der Waals surface area contributed by atoms with Gasteiger partial charge in [-0.2, -0.15) is 4.98 Å². The molecule has 0 N–H and O–H groups in total. The molecule has 0 unspecified atom stereocenters. The highest BCUT2D eigenvalue weighted by molar-refractivity contribution is 5.81. The zero-order valence-electron chi connectivity index (χ0n) is 15.1. The van der Waals surface area contributed by atoms with Crippen molar-refractivity contribution in [1.82, 2.24) is 15.0 Å². The van der Waals surface area contributed by atoms with Crippen molar-refractivity contribution in [1.29, 1.82) is 0 Å². The predicted octanol–water partition coefficient (Wildman–Crippen LogP) is 2.13. The molecule has 3 heterocycles. The molecule has 0 aliphatic carbocycles. The lowest BCUT2D eigenvalue weighted by Gasteiger charge is -2.37. The zero-order chi connectivity index (χ0) is 17.9. The van der Waals surface area contributed by atoms with Crippen molar-refractivity contribution in [3.05, 3.63) is 30.2 Å². The largest absolute Gasteiger partial charge is 0.368 e. The first-order valence-electron chi connectivity index (χ1n) is 9.33. The molecule has 0 saturated carbocycles. The maximum Gasteiger partial charge on any atom is 0.251 e. The Morgan fingerprint density at radius 2 is 1.96 bits per heavy atom. The molecule has 4 rings (SSSR count). The predicted molar refractivity (Wildman–Crippen MR) is 96.9 cm³/mol. The van der Waals surface area contributed by atoms with Crippen LogP contribution in [0.3, 0.4) is 0 Å². The van der Waals surface area contributed by atoms with Crippen molar-refractivity contribution >= 4 is 11.6 Å². The third-order valence-electron chi connectivity index (χ3n) is 5.06. The van der Waals surface area contributed by atoms with Crippen molar-refractivity contribution in [2.45, 2.75) is 32.3 Å². The van der Waals surface area contributed by atoms with Gasteiger partial charge in [-0.3, -0.25) is 4.79 Å². The summed E-state index contributed by atoms with van der Waals surface area (Å²) in [5.41, 5.74) is 2.10. The van der Waals surface area contributed by atoms with Crippen molar-refractivity contribution in [3.63, 3.8) is 0 Å². The average Bonchev–Trinajstić information content (AvgIpc) is 3.40. The molecule has 2 fully saturated rings. The Morgan fingerprint density at radius 3 is 2.58 bits per heavy atom. The Kier molecular flexibility index (Phi) is 4.88. The first-order valence-corrected chi connectivity index (χ1v) is 9.33. The van der Waals surface area contributed by atoms with Gasteiger partial charge in [-0.25, -0.2) is 0 Å². The van der Waals surface area contributed by atoms with E-state index in [2.05, 4.69) is 27.2 Å². The number of anilines is 1. The number of piperazine rings is 1. The monoisotopic (exact) mass is 356 g/mol. The first-order chi connectivity index (χ1) is 12.7. The molecular formula is C19H24N4O3. The van der Waals surface area contributed by atoms with E-state index in [-0.39, 0.29) is 12.0 Å². The van der Waals surface area contributed by atoms with E-state index in [1.807, 2.05) is 24.0 Å². The van der Waals surface area contributed by atoms with E-state index in [1.54, 1.807) is 0 Å². The van der Waals surface area contributed by atoms with Crippen LogP contribution in [-0.4, -0.2) is 59.8 Å². The quantitative estimate of drug-likeness (QED) is 0.836. The highest BCUT2D eigenvalue weighted by Gasteiger charge is 2.30. The number of aromatic nitrogens is 2. The first kappa shape index (κ1) is 17.0. The van der Waals surface area contributed by atoms with E-state index < -0.39 is 0 Å². The normalized spacial score (nSPS) is 20.6. The summed E-state index contributed by atoms with van der Waals surface area (Å²) in [4.78, 5) is 21.0. The van der Waals surface area contributed by atoms with E-state index in [0.29, 0.717) is 18.3 Å². The van der Waals surface area contributed by atoms with Gasteiger partial charge in [0.05, 0.1) is 0 Å². The van der Waals surface area contributed by atoms with E-state index >= 15 is 0 Å². The minimum atomic E-state index is -0.219. The lowest BCUT2D eigenvalue weighted by molar-refractivity contribution is -0.141. The zero-order valence-corrected chi connectivity index (χ0v) is 15.1. The minimum Gasteiger partial charge on any atom is -0.368 e. The van der Waals surface area contributed by atoms with Gasteiger partial charge in [0.15, 0.2) is 0 Å². The van der Waals surface area contributed by atoms with E-state index in [1.165, 1.54) is 0 Å². The molecule has 2 saturated heterocycles. The Morgan fingerprint density at radius 1 is 1.19 bits per heavy atom. The van der Waals surface area contributed by atoms with E-state index in [9.17, 15) is 4.79 Å². The topological polar surface area (TPSA) is 71.7 Å². The number of amides is 1. The molecule has 1 atom stereocenters. The number of ether oxygens (including phenoxy) is 1. The number of nitrogens with zero attached hydrogens (tertiary/aromatic N) is 4. The molecular weight excluding hydrogens is 332 g/mol. The number of carbonyl (C=O) groups is 1. The lowest BCUT2D eigenvalue weighted by Crippen LogP contribution is -2.51. The fourth-order valence-electron chi connectivity index (χ4n) is 3.50. The molecule has 2 aliphatic rings. The molecule has 0 spiro atoms. The summed E-state index contributed by atoms with van der Waals surface area (Å²) in [6, 6.07) is 8.19. The second kappa shape index (κ2) is 7.45. The molecule has 2 aliphatic heterocycles. The van der Waals surface area contributed by atoms with Gasteiger partial charge in [0.1, 0.15) is 6.10 Å². The SMILES string of the molecule is CCc1nc(-c2ccc(N3CCN(C(=O)[C@@H]4CCCO4)CC3)cc2)no1. The number of rotatable bonds is 4. The maximum atomic E-state index is 12.4. The molecule has 2 aromatic rings. The number of carbonyl (C=O) groups excluding carboxylic acids is 1. The van der Waals surface area contributed by atoms with Crippen LogP contribution in [0.25, 0.3) is 11.4 Å². The minimum absolute atomic E-state index is 0.154. The second-order valence-electron chi connectivity index (χ2n) is 6.73. The molecule has 26 heavy (non-hydrogen) atoms. The van der Waals surface area contributed by atoms with Crippen molar-refractivity contribution in [3.8, 4) is 11.4 Å². The summed E-state index contributed by atoms with van der Waals surface area (Å²) in [7, 11) is 0. The Balaban J connectivity index is 1.36. The van der Waals surface area contributed by atoms with Crippen molar-refractivity contribution in [2.75, 3.05) is 37.7 Å². The van der Waals surface area contributed by atoms with Crippen LogP contribution in [-0.2, 0) is 16.0 Å². The van der Waals surface area contributed by atoms with Crippen LogP contribution in [0.2, 0.25) is 0 Å².